The summed E-state index contributed by atoms with van der Waals surface area (Å²) in [4.78, 5) is 7.90. The van der Waals surface area contributed by atoms with E-state index in [0.717, 1.165) is 18.4 Å². The lowest BCUT2D eigenvalue weighted by Crippen LogP contribution is -2.34. The van der Waals surface area contributed by atoms with E-state index in [-0.39, 0.29) is 5.82 Å². The summed E-state index contributed by atoms with van der Waals surface area (Å²) in [5.41, 5.74) is -0.0286. The second-order valence-corrected chi connectivity index (χ2v) is 6.41. The Bertz CT molecular complexity index is 456. The first-order valence-electron chi connectivity index (χ1n) is 5.80. The lowest BCUT2D eigenvalue weighted by molar-refractivity contribution is 0.0189. The van der Waals surface area contributed by atoms with Crippen LogP contribution in [-0.4, -0.2) is 25.6 Å². The van der Waals surface area contributed by atoms with E-state index >= 15 is 0 Å². The van der Waals surface area contributed by atoms with E-state index in [1.807, 2.05) is 17.8 Å². The molecule has 0 aliphatic carbocycles. The molecule has 3 rings (SSSR count). The predicted octanol–water partition coefficient (Wildman–Crippen LogP) is 1.59. The molecule has 1 aromatic heterocycles. The highest BCUT2D eigenvalue weighted by Crippen LogP contribution is 2.50. The summed E-state index contributed by atoms with van der Waals surface area (Å²) in [5.74, 6) is 0.158. The molecular weight excluding hydrogens is 234 g/mol. The van der Waals surface area contributed by atoms with Crippen LogP contribution < -0.4 is 0 Å². The standard InChI is InChI=1S/C12H13N3OS/c13-5-11-14-6-8(7-15-11)12(16)3-9-1-2-10(4-12)17-9/h6-7,9-10,16H,1-4H2. The Morgan fingerprint density at radius 2 is 1.88 bits per heavy atom. The first kappa shape index (κ1) is 11.0. The molecule has 3 heterocycles. The maximum Gasteiger partial charge on any atom is 0.232 e. The normalized spacial score (nSPS) is 35.5. The first-order valence-corrected chi connectivity index (χ1v) is 6.74. The molecule has 2 atom stereocenters. The van der Waals surface area contributed by atoms with Crippen molar-refractivity contribution in [3.8, 4) is 6.07 Å². The fourth-order valence-electron chi connectivity index (χ4n) is 2.78. The van der Waals surface area contributed by atoms with E-state index in [9.17, 15) is 5.11 Å². The van der Waals surface area contributed by atoms with Crippen LogP contribution >= 0.6 is 11.8 Å². The van der Waals surface area contributed by atoms with Crippen LogP contribution in [0.3, 0.4) is 0 Å². The van der Waals surface area contributed by atoms with Crippen molar-refractivity contribution in [2.24, 2.45) is 0 Å². The Labute approximate surface area is 104 Å². The van der Waals surface area contributed by atoms with Crippen molar-refractivity contribution >= 4 is 11.8 Å². The van der Waals surface area contributed by atoms with Crippen molar-refractivity contribution in [2.75, 3.05) is 0 Å². The topological polar surface area (TPSA) is 69.8 Å². The fourth-order valence-corrected chi connectivity index (χ4v) is 4.61. The molecule has 2 aliphatic rings. The summed E-state index contributed by atoms with van der Waals surface area (Å²) in [7, 11) is 0. The largest absolute Gasteiger partial charge is 0.385 e. The Morgan fingerprint density at radius 3 is 2.41 bits per heavy atom. The summed E-state index contributed by atoms with van der Waals surface area (Å²) in [6.07, 6.45) is 7.17. The summed E-state index contributed by atoms with van der Waals surface area (Å²) in [6.45, 7) is 0. The van der Waals surface area contributed by atoms with Crippen LogP contribution in [0.4, 0.5) is 0 Å². The van der Waals surface area contributed by atoms with Gasteiger partial charge in [0.15, 0.2) is 0 Å². The Kier molecular flexibility index (Phi) is 2.57. The molecule has 1 N–H and O–H groups in total. The van der Waals surface area contributed by atoms with E-state index in [0.29, 0.717) is 10.5 Å². The van der Waals surface area contributed by atoms with Crippen molar-refractivity contribution in [3.05, 3.63) is 23.8 Å². The van der Waals surface area contributed by atoms with Gasteiger partial charge < -0.3 is 5.11 Å². The van der Waals surface area contributed by atoms with E-state index in [2.05, 4.69) is 9.97 Å². The van der Waals surface area contributed by atoms with Crippen LogP contribution in [0.25, 0.3) is 0 Å². The first-order chi connectivity index (χ1) is 8.19. The number of rotatable bonds is 1. The molecule has 0 amide bonds. The SMILES string of the molecule is N#Cc1ncc(C2(O)CC3CCC(C2)S3)cn1. The van der Waals surface area contributed by atoms with E-state index < -0.39 is 5.60 Å². The molecule has 5 heteroatoms. The molecule has 88 valence electrons. The maximum atomic E-state index is 10.7. The molecular formula is C12H13N3OS. The van der Waals surface area contributed by atoms with Gasteiger partial charge in [0.25, 0.3) is 0 Å². The highest BCUT2D eigenvalue weighted by molar-refractivity contribution is 8.00. The number of aromatic nitrogens is 2. The number of hydrogen-bond donors (Lipinski definition) is 1. The summed E-state index contributed by atoms with van der Waals surface area (Å²) in [5, 5.41) is 20.5. The van der Waals surface area contributed by atoms with Gasteiger partial charge in [0.1, 0.15) is 6.07 Å². The highest BCUT2D eigenvalue weighted by Gasteiger charge is 2.44. The van der Waals surface area contributed by atoms with Gasteiger partial charge in [-0.15, -0.1) is 0 Å². The van der Waals surface area contributed by atoms with Crippen LogP contribution in [0, 0.1) is 11.3 Å². The van der Waals surface area contributed by atoms with Crippen molar-refractivity contribution < 1.29 is 5.11 Å². The van der Waals surface area contributed by atoms with E-state index in [1.165, 1.54) is 12.8 Å². The maximum absolute atomic E-state index is 10.7. The average molecular weight is 247 g/mol. The van der Waals surface area contributed by atoms with E-state index in [4.69, 9.17) is 5.26 Å². The summed E-state index contributed by atoms with van der Waals surface area (Å²) < 4.78 is 0. The van der Waals surface area contributed by atoms with Gasteiger partial charge in [0.05, 0.1) is 5.60 Å². The predicted molar refractivity (Wildman–Crippen MR) is 64.3 cm³/mol. The molecule has 17 heavy (non-hydrogen) atoms. The zero-order valence-corrected chi connectivity index (χ0v) is 10.2. The smallest absolute Gasteiger partial charge is 0.232 e. The van der Waals surface area contributed by atoms with Crippen molar-refractivity contribution in [3.63, 3.8) is 0 Å². The van der Waals surface area contributed by atoms with Gasteiger partial charge >= 0.3 is 0 Å². The fraction of sp³-hybridized carbons (Fsp3) is 0.583. The summed E-state index contributed by atoms with van der Waals surface area (Å²) >= 11 is 2.00. The van der Waals surface area contributed by atoms with Crippen LogP contribution in [0.2, 0.25) is 0 Å². The average Bonchev–Trinajstić information content (AvgIpc) is 2.69. The molecule has 4 nitrogen and oxygen atoms in total. The quantitative estimate of drug-likeness (QED) is 0.816. The second kappa shape index (κ2) is 3.97. The lowest BCUT2D eigenvalue weighted by atomic mass is 9.88. The van der Waals surface area contributed by atoms with Gasteiger partial charge in [-0.1, -0.05) is 0 Å². The van der Waals surface area contributed by atoms with Gasteiger partial charge in [-0.25, -0.2) is 9.97 Å². The lowest BCUT2D eigenvalue weighted by Gasteiger charge is -2.35. The van der Waals surface area contributed by atoms with Gasteiger partial charge in [-0.3, -0.25) is 0 Å². The van der Waals surface area contributed by atoms with Crippen LogP contribution in [-0.2, 0) is 5.60 Å². The van der Waals surface area contributed by atoms with Gasteiger partial charge in [0.2, 0.25) is 5.82 Å². The monoisotopic (exact) mass is 247 g/mol. The Morgan fingerprint density at radius 1 is 1.29 bits per heavy atom. The molecule has 1 aromatic rings. The number of fused-ring (bicyclic) bond motifs is 2. The number of hydrogen-bond acceptors (Lipinski definition) is 5. The molecule has 0 aromatic carbocycles. The third kappa shape index (κ3) is 1.92. The third-order valence-corrected chi connectivity index (χ3v) is 5.19. The minimum absolute atomic E-state index is 0.158. The molecule has 2 unspecified atom stereocenters. The Balaban J connectivity index is 1.89. The zero-order valence-electron chi connectivity index (χ0n) is 9.33. The zero-order chi connectivity index (χ0) is 11.9. The van der Waals surface area contributed by atoms with E-state index in [1.54, 1.807) is 12.4 Å². The molecule has 0 spiro atoms. The molecule has 2 aliphatic heterocycles. The highest BCUT2D eigenvalue weighted by atomic mass is 32.2. The van der Waals surface area contributed by atoms with Crippen LogP contribution in [0.5, 0.6) is 0 Å². The van der Waals surface area contributed by atoms with Crippen molar-refractivity contribution in [1.82, 2.24) is 9.97 Å². The van der Waals surface area contributed by atoms with Crippen molar-refractivity contribution in [2.45, 2.75) is 41.8 Å². The van der Waals surface area contributed by atoms with Crippen molar-refractivity contribution in [1.29, 1.82) is 5.26 Å². The molecule has 0 saturated carbocycles. The molecule has 2 fully saturated rings. The Hall–Kier alpha value is -1.12. The van der Waals surface area contributed by atoms with Gasteiger partial charge in [-0.2, -0.15) is 17.0 Å². The number of nitrogens with zero attached hydrogens (tertiary/aromatic N) is 3. The van der Waals surface area contributed by atoms with Gasteiger partial charge in [-0.05, 0) is 25.7 Å². The minimum Gasteiger partial charge on any atom is -0.385 e. The number of nitriles is 1. The number of aliphatic hydroxyl groups is 1. The molecule has 2 saturated heterocycles. The minimum atomic E-state index is -0.787. The van der Waals surface area contributed by atoms with Crippen LogP contribution in [0.15, 0.2) is 12.4 Å². The van der Waals surface area contributed by atoms with Crippen LogP contribution in [0.1, 0.15) is 37.1 Å². The number of thioether (sulfide) groups is 1. The van der Waals surface area contributed by atoms with Gasteiger partial charge in [0, 0.05) is 28.5 Å². The molecule has 2 bridgehead atoms. The summed E-state index contributed by atoms with van der Waals surface area (Å²) in [6, 6.07) is 1.89. The molecule has 0 radical (unpaired) electrons. The third-order valence-electron chi connectivity index (χ3n) is 3.62. The second-order valence-electron chi connectivity index (χ2n) is 4.80.